The van der Waals surface area contributed by atoms with Crippen molar-refractivity contribution in [3.8, 4) is 6.07 Å². The fourth-order valence-electron chi connectivity index (χ4n) is 1.52. The standard InChI is InChI=1S/C13H11N3O/c1-10-6-7-16(15-10)9-13(17)12-4-2-11(8-14)3-5-12/h2-7H,9H2,1H3. The maximum Gasteiger partial charge on any atom is 0.184 e. The number of nitrogens with zero attached hydrogens (tertiary/aromatic N) is 3. The topological polar surface area (TPSA) is 58.7 Å². The molecule has 0 atom stereocenters. The van der Waals surface area contributed by atoms with Crippen LogP contribution in [0.25, 0.3) is 0 Å². The fourth-order valence-corrected chi connectivity index (χ4v) is 1.52. The van der Waals surface area contributed by atoms with Crippen molar-refractivity contribution in [2.24, 2.45) is 0 Å². The molecular formula is C13H11N3O. The van der Waals surface area contributed by atoms with Crippen LogP contribution in [0.2, 0.25) is 0 Å². The van der Waals surface area contributed by atoms with E-state index in [4.69, 9.17) is 5.26 Å². The Morgan fingerprint density at radius 2 is 2.06 bits per heavy atom. The van der Waals surface area contributed by atoms with Crippen molar-refractivity contribution in [2.75, 3.05) is 0 Å². The van der Waals surface area contributed by atoms with Gasteiger partial charge in [-0.1, -0.05) is 12.1 Å². The minimum Gasteiger partial charge on any atom is -0.292 e. The molecule has 4 nitrogen and oxygen atoms in total. The van der Waals surface area contributed by atoms with Crippen LogP contribution in [0.3, 0.4) is 0 Å². The maximum absolute atomic E-state index is 11.9. The summed E-state index contributed by atoms with van der Waals surface area (Å²) in [5.41, 5.74) is 2.03. The van der Waals surface area contributed by atoms with Crippen LogP contribution in [0.1, 0.15) is 21.6 Å². The first-order valence-corrected chi connectivity index (χ1v) is 5.22. The predicted octanol–water partition coefficient (Wildman–Crippen LogP) is 1.95. The molecule has 0 unspecified atom stereocenters. The van der Waals surface area contributed by atoms with Gasteiger partial charge in [0, 0.05) is 11.8 Å². The van der Waals surface area contributed by atoms with Crippen LogP contribution in [0.15, 0.2) is 36.5 Å². The number of nitriles is 1. The first-order valence-electron chi connectivity index (χ1n) is 5.22. The van der Waals surface area contributed by atoms with Crippen LogP contribution < -0.4 is 0 Å². The van der Waals surface area contributed by atoms with Gasteiger partial charge in [0.15, 0.2) is 5.78 Å². The number of ketones is 1. The average Bonchev–Trinajstić information content (AvgIpc) is 2.75. The summed E-state index contributed by atoms with van der Waals surface area (Å²) in [5, 5.41) is 12.8. The van der Waals surface area contributed by atoms with Crippen molar-refractivity contribution in [3.05, 3.63) is 53.3 Å². The number of aromatic nitrogens is 2. The van der Waals surface area contributed by atoms with Crippen LogP contribution in [-0.4, -0.2) is 15.6 Å². The molecule has 0 fully saturated rings. The summed E-state index contributed by atoms with van der Waals surface area (Å²) in [6.45, 7) is 2.10. The fraction of sp³-hybridized carbons (Fsp3) is 0.154. The number of hydrogen-bond acceptors (Lipinski definition) is 3. The van der Waals surface area contributed by atoms with E-state index >= 15 is 0 Å². The monoisotopic (exact) mass is 225 g/mol. The highest BCUT2D eigenvalue weighted by Crippen LogP contribution is 2.05. The third-order valence-corrected chi connectivity index (χ3v) is 2.42. The zero-order chi connectivity index (χ0) is 12.3. The third-order valence-electron chi connectivity index (χ3n) is 2.42. The highest BCUT2D eigenvalue weighted by molar-refractivity contribution is 5.95. The second-order valence-electron chi connectivity index (χ2n) is 3.77. The summed E-state index contributed by atoms with van der Waals surface area (Å²) in [6, 6.07) is 10.5. The molecule has 1 aromatic heterocycles. The van der Waals surface area contributed by atoms with Gasteiger partial charge >= 0.3 is 0 Å². The second kappa shape index (κ2) is 4.62. The number of carbonyl (C=O) groups excluding carboxylic acids is 1. The smallest absolute Gasteiger partial charge is 0.184 e. The van der Waals surface area contributed by atoms with Gasteiger partial charge in [-0.25, -0.2) is 0 Å². The van der Waals surface area contributed by atoms with Gasteiger partial charge in [0.05, 0.1) is 17.3 Å². The Kier molecular flexibility index (Phi) is 3.01. The van der Waals surface area contributed by atoms with E-state index in [0.717, 1.165) is 5.69 Å². The third kappa shape index (κ3) is 2.58. The lowest BCUT2D eigenvalue weighted by molar-refractivity contribution is 0.0967. The lowest BCUT2D eigenvalue weighted by atomic mass is 10.1. The van der Waals surface area contributed by atoms with Gasteiger partial charge in [0.25, 0.3) is 0 Å². The van der Waals surface area contributed by atoms with E-state index in [1.807, 2.05) is 19.1 Å². The molecule has 0 aliphatic rings. The van der Waals surface area contributed by atoms with Crippen molar-refractivity contribution >= 4 is 5.78 Å². The highest BCUT2D eigenvalue weighted by Gasteiger charge is 2.07. The van der Waals surface area contributed by atoms with Crippen LogP contribution in [0, 0.1) is 18.3 Å². The number of Topliss-reactive ketones (excluding diaryl/α,β-unsaturated/α-hetero) is 1. The number of rotatable bonds is 3. The molecule has 2 aromatic rings. The predicted molar refractivity (Wildman–Crippen MR) is 62.5 cm³/mol. The summed E-state index contributed by atoms with van der Waals surface area (Å²) in [7, 11) is 0. The minimum absolute atomic E-state index is 0.0161. The van der Waals surface area contributed by atoms with Crippen molar-refractivity contribution in [2.45, 2.75) is 13.5 Å². The maximum atomic E-state index is 11.9. The van der Waals surface area contributed by atoms with E-state index in [0.29, 0.717) is 11.1 Å². The van der Waals surface area contributed by atoms with Gasteiger partial charge in [-0.15, -0.1) is 0 Å². The van der Waals surface area contributed by atoms with Crippen molar-refractivity contribution in [3.63, 3.8) is 0 Å². The van der Waals surface area contributed by atoms with Gasteiger partial charge in [-0.05, 0) is 25.1 Å². The molecule has 0 spiro atoms. The Hall–Kier alpha value is -2.41. The molecule has 0 aliphatic heterocycles. The van der Waals surface area contributed by atoms with Crippen molar-refractivity contribution < 1.29 is 4.79 Å². The molecule has 1 aromatic carbocycles. The van der Waals surface area contributed by atoms with Crippen molar-refractivity contribution in [1.29, 1.82) is 5.26 Å². The average molecular weight is 225 g/mol. The van der Waals surface area contributed by atoms with E-state index in [1.165, 1.54) is 0 Å². The summed E-state index contributed by atoms with van der Waals surface area (Å²) in [6.07, 6.45) is 1.77. The molecule has 0 bridgehead atoms. The SMILES string of the molecule is Cc1ccn(CC(=O)c2ccc(C#N)cc2)n1. The number of aryl methyl sites for hydroxylation is 1. The van der Waals surface area contributed by atoms with E-state index in [2.05, 4.69) is 5.10 Å². The van der Waals surface area contributed by atoms with Crippen LogP contribution in [0.4, 0.5) is 0 Å². The van der Waals surface area contributed by atoms with Crippen LogP contribution >= 0.6 is 0 Å². The lowest BCUT2D eigenvalue weighted by Crippen LogP contribution is -2.10. The molecular weight excluding hydrogens is 214 g/mol. The normalized spacial score (nSPS) is 9.88. The molecule has 0 amide bonds. The van der Waals surface area contributed by atoms with E-state index < -0.39 is 0 Å². The molecule has 4 heteroatoms. The zero-order valence-electron chi connectivity index (χ0n) is 9.42. The molecule has 1 heterocycles. The van der Waals surface area contributed by atoms with Crippen LogP contribution in [-0.2, 0) is 6.54 Å². The lowest BCUT2D eigenvalue weighted by Gasteiger charge is -2.01. The van der Waals surface area contributed by atoms with Crippen molar-refractivity contribution in [1.82, 2.24) is 9.78 Å². The Morgan fingerprint density at radius 1 is 1.35 bits per heavy atom. The van der Waals surface area contributed by atoms with E-state index in [9.17, 15) is 4.79 Å². The number of hydrogen-bond donors (Lipinski definition) is 0. The number of carbonyl (C=O) groups is 1. The summed E-state index contributed by atoms with van der Waals surface area (Å²) in [4.78, 5) is 11.9. The van der Waals surface area contributed by atoms with Gasteiger partial charge < -0.3 is 0 Å². The first-order chi connectivity index (χ1) is 8.19. The Balaban J connectivity index is 2.12. The Bertz CT molecular complexity index is 575. The van der Waals surface area contributed by atoms with Gasteiger partial charge in [0.1, 0.15) is 6.54 Å². The Labute approximate surface area is 99.1 Å². The molecule has 0 saturated heterocycles. The summed E-state index contributed by atoms with van der Waals surface area (Å²) >= 11 is 0. The molecule has 84 valence electrons. The summed E-state index contributed by atoms with van der Waals surface area (Å²) < 4.78 is 1.61. The molecule has 0 N–H and O–H groups in total. The van der Waals surface area contributed by atoms with Gasteiger partial charge in [-0.3, -0.25) is 9.48 Å². The van der Waals surface area contributed by atoms with Crippen LogP contribution in [0.5, 0.6) is 0 Å². The molecule has 0 aliphatic carbocycles. The highest BCUT2D eigenvalue weighted by atomic mass is 16.1. The van der Waals surface area contributed by atoms with E-state index in [1.54, 1.807) is 35.1 Å². The quantitative estimate of drug-likeness (QED) is 0.750. The van der Waals surface area contributed by atoms with Gasteiger partial charge in [0.2, 0.25) is 0 Å². The van der Waals surface area contributed by atoms with E-state index in [-0.39, 0.29) is 12.3 Å². The number of benzene rings is 1. The Morgan fingerprint density at radius 3 is 2.59 bits per heavy atom. The molecule has 17 heavy (non-hydrogen) atoms. The molecule has 0 radical (unpaired) electrons. The first kappa shape index (κ1) is 11.1. The largest absolute Gasteiger partial charge is 0.292 e. The molecule has 2 rings (SSSR count). The molecule has 0 saturated carbocycles. The zero-order valence-corrected chi connectivity index (χ0v) is 9.42. The summed E-state index contributed by atoms with van der Waals surface area (Å²) in [5.74, 6) is -0.0161. The van der Waals surface area contributed by atoms with Gasteiger partial charge in [-0.2, -0.15) is 10.4 Å². The minimum atomic E-state index is -0.0161. The second-order valence-corrected chi connectivity index (χ2v) is 3.77.